The molecule has 130 valence electrons. The van der Waals surface area contributed by atoms with Crippen LogP contribution >= 0.6 is 0 Å². The van der Waals surface area contributed by atoms with E-state index in [4.69, 9.17) is 0 Å². The van der Waals surface area contributed by atoms with Gasteiger partial charge in [0, 0.05) is 18.8 Å². The molecule has 24 heavy (non-hydrogen) atoms. The fraction of sp³-hybridized carbons (Fsp3) is 0.474. The third kappa shape index (κ3) is 4.93. The van der Waals surface area contributed by atoms with Gasteiger partial charge in [0.1, 0.15) is 6.04 Å². The monoisotopic (exact) mass is 328 g/mol. The molecule has 0 fully saturated rings. The Morgan fingerprint density at radius 1 is 1.25 bits per heavy atom. The van der Waals surface area contributed by atoms with Gasteiger partial charge in [-0.05, 0) is 58.5 Å². The predicted octanol–water partition coefficient (Wildman–Crippen LogP) is 2.48. The molecule has 1 N–H and O–H groups in total. The Bertz CT molecular complexity index is 690. The number of carbonyl (C=O) groups is 1. The summed E-state index contributed by atoms with van der Waals surface area (Å²) in [5.41, 5.74) is 4.48. The van der Waals surface area contributed by atoms with Gasteiger partial charge in [-0.15, -0.1) is 0 Å². The maximum atomic E-state index is 12.3. The third-order valence-electron chi connectivity index (χ3n) is 3.99. The fourth-order valence-corrected chi connectivity index (χ4v) is 2.88. The summed E-state index contributed by atoms with van der Waals surface area (Å²) in [5, 5.41) is 7.40. The molecule has 1 amide bonds. The highest BCUT2D eigenvalue weighted by molar-refractivity contribution is 5.79. The van der Waals surface area contributed by atoms with Crippen molar-refractivity contribution in [2.75, 3.05) is 20.6 Å². The molecule has 1 unspecified atom stereocenters. The molecule has 1 aromatic heterocycles. The Hall–Kier alpha value is -2.14. The number of amides is 1. The smallest absolute Gasteiger partial charge is 0.244 e. The van der Waals surface area contributed by atoms with Crippen molar-refractivity contribution in [3.8, 4) is 0 Å². The minimum absolute atomic E-state index is 0.00523. The van der Waals surface area contributed by atoms with Crippen LogP contribution in [0.25, 0.3) is 0 Å². The van der Waals surface area contributed by atoms with Crippen molar-refractivity contribution in [3.63, 3.8) is 0 Å². The zero-order valence-electron chi connectivity index (χ0n) is 15.3. The number of hydrogen-bond donors (Lipinski definition) is 1. The molecule has 0 aliphatic carbocycles. The van der Waals surface area contributed by atoms with Crippen LogP contribution in [0.3, 0.4) is 0 Å². The normalized spacial score (nSPS) is 12.4. The Morgan fingerprint density at radius 3 is 2.58 bits per heavy atom. The summed E-state index contributed by atoms with van der Waals surface area (Å²) in [6.07, 6.45) is 0.830. The lowest BCUT2D eigenvalue weighted by Gasteiger charge is -2.15. The van der Waals surface area contributed by atoms with E-state index in [1.807, 2.05) is 26.8 Å². The summed E-state index contributed by atoms with van der Waals surface area (Å²) in [5.74, 6) is 0.00523. The first-order chi connectivity index (χ1) is 11.4. The molecule has 0 radical (unpaired) electrons. The van der Waals surface area contributed by atoms with E-state index >= 15 is 0 Å². The van der Waals surface area contributed by atoms with Gasteiger partial charge in [0.2, 0.25) is 5.91 Å². The van der Waals surface area contributed by atoms with E-state index in [9.17, 15) is 4.79 Å². The molecule has 1 atom stereocenters. The molecule has 1 aromatic carbocycles. The van der Waals surface area contributed by atoms with Gasteiger partial charge in [0.05, 0.1) is 5.69 Å². The van der Waals surface area contributed by atoms with Crippen molar-refractivity contribution in [1.82, 2.24) is 20.0 Å². The second kappa shape index (κ2) is 8.11. The largest absolute Gasteiger partial charge is 0.354 e. The summed E-state index contributed by atoms with van der Waals surface area (Å²) in [7, 11) is 4.13. The molecule has 0 aliphatic rings. The first-order valence-corrected chi connectivity index (χ1v) is 8.40. The fourth-order valence-electron chi connectivity index (χ4n) is 2.88. The van der Waals surface area contributed by atoms with Crippen LogP contribution in [0, 0.1) is 13.8 Å². The van der Waals surface area contributed by atoms with Crippen LogP contribution in [0.15, 0.2) is 30.3 Å². The predicted molar refractivity (Wildman–Crippen MR) is 97.0 cm³/mol. The van der Waals surface area contributed by atoms with E-state index in [2.05, 4.69) is 53.7 Å². The molecule has 1 heterocycles. The molecule has 2 rings (SSSR count). The van der Waals surface area contributed by atoms with Gasteiger partial charge in [-0.25, -0.2) is 0 Å². The van der Waals surface area contributed by atoms with E-state index in [1.54, 1.807) is 4.68 Å². The Balaban J connectivity index is 1.87. The molecule has 5 heteroatoms. The van der Waals surface area contributed by atoms with E-state index in [-0.39, 0.29) is 11.9 Å². The second-order valence-electron chi connectivity index (χ2n) is 6.65. The van der Waals surface area contributed by atoms with Gasteiger partial charge >= 0.3 is 0 Å². The molecular formula is C19H28N4O. The topological polar surface area (TPSA) is 50.2 Å². The summed E-state index contributed by atoms with van der Waals surface area (Å²) in [6.45, 7) is 7.35. The van der Waals surface area contributed by atoms with Crippen LogP contribution in [0.4, 0.5) is 0 Å². The lowest BCUT2D eigenvalue weighted by Crippen LogP contribution is -2.33. The van der Waals surface area contributed by atoms with Crippen molar-refractivity contribution in [1.29, 1.82) is 0 Å². The van der Waals surface area contributed by atoms with E-state index in [1.165, 1.54) is 11.1 Å². The van der Waals surface area contributed by atoms with Gasteiger partial charge in [-0.1, -0.05) is 24.3 Å². The molecule has 0 aliphatic heterocycles. The summed E-state index contributed by atoms with van der Waals surface area (Å²) >= 11 is 0. The number of carbonyl (C=O) groups excluding carboxylic acids is 1. The first kappa shape index (κ1) is 18.2. The summed E-state index contributed by atoms with van der Waals surface area (Å²) in [6, 6.07) is 10.2. The minimum Gasteiger partial charge on any atom is -0.354 e. The SMILES string of the molecule is Cc1cc(C)n(C(C)C(=O)NCCc2cccc(CN(C)C)c2)n1. The number of hydrogen-bond acceptors (Lipinski definition) is 3. The van der Waals surface area contributed by atoms with Gasteiger partial charge < -0.3 is 10.2 Å². The highest BCUT2D eigenvalue weighted by atomic mass is 16.2. The Morgan fingerprint density at radius 2 is 1.96 bits per heavy atom. The Labute approximate surface area is 144 Å². The number of benzene rings is 1. The minimum atomic E-state index is -0.293. The quantitative estimate of drug-likeness (QED) is 0.849. The van der Waals surface area contributed by atoms with Gasteiger partial charge in [-0.2, -0.15) is 5.10 Å². The van der Waals surface area contributed by atoms with Crippen molar-refractivity contribution < 1.29 is 4.79 Å². The van der Waals surface area contributed by atoms with E-state index in [0.717, 1.165) is 24.4 Å². The second-order valence-corrected chi connectivity index (χ2v) is 6.65. The molecule has 0 bridgehead atoms. The number of nitrogens with one attached hydrogen (secondary N) is 1. The molecule has 0 saturated carbocycles. The number of rotatable bonds is 7. The standard InChI is InChI=1S/C19H28N4O/c1-14-11-15(2)23(21-14)16(3)19(24)20-10-9-17-7-6-8-18(12-17)13-22(4)5/h6-8,11-12,16H,9-10,13H2,1-5H3,(H,20,24). The summed E-state index contributed by atoms with van der Waals surface area (Å²) < 4.78 is 1.78. The zero-order chi connectivity index (χ0) is 17.7. The molecule has 0 spiro atoms. The molecule has 5 nitrogen and oxygen atoms in total. The van der Waals surface area contributed by atoms with Crippen molar-refractivity contribution >= 4 is 5.91 Å². The first-order valence-electron chi connectivity index (χ1n) is 8.40. The lowest BCUT2D eigenvalue weighted by molar-refractivity contribution is -0.124. The number of aromatic nitrogens is 2. The van der Waals surface area contributed by atoms with E-state index < -0.39 is 0 Å². The van der Waals surface area contributed by atoms with E-state index in [0.29, 0.717) is 6.54 Å². The lowest BCUT2D eigenvalue weighted by atomic mass is 10.1. The zero-order valence-corrected chi connectivity index (χ0v) is 15.3. The van der Waals surface area contributed by atoms with Crippen molar-refractivity contribution in [3.05, 3.63) is 52.8 Å². The highest BCUT2D eigenvalue weighted by Crippen LogP contribution is 2.11. The number of aryl methyl sites for hydroxylation is 2. The van der Waals surface area contributed by atoms with Crippen molar-refractivity contribution in [2.45, 2.75) is 39.8 Å². The third-order valence-corrected chi connectivity index (χ3v) is 3.99. The molecule has 0 saturated heterocycles. The van der Waals surface area contributed by atoms with Gasteiger partial charge in [0.25, 0.3) is 0 Å². The number of nitrogens with zero attached hydrogens (tertiary/aromatic N) is 3. The molecule has 2 aromatic rings. The van der Waals surface area contributed by atoms with Crippen LogP contribution in [0.2, 0.25) is 0 Å². The highest BCUT2D eigenvalue weighted by Gasteiger charge is 2.17. The van der Waals surface area contributed by atoms with Crippen LogP contribution < -0.4 is 5.32 Å². The maximum absolute atomic E-state index is 12.3. The van der Waals surface area contributed by atoms with Crippen LogP contribution in [-0.2, 0) is 17.8 Å². The Kier molecular flexibility index (Phi) is 6.15. The van der Waals surface area contributed by atoms with Crippen molar-refractivity contribution in [2.24, 2.45) is 0 Å². The van der Waals surface area contributed by atoms with Gasteiger partial charge in [0.15, 0.2) is 0 Å². The maximum Gasteiger partial charge on any atom is 0.244 e. The van der Waals surface area contributed by atoms with Crippen LogP contribution in [0.5, 0.6) is 0 Å². The average Bonchev–Trinajstić information content (AvgIpc) is 2.84. The van der Waals surface area contributed by atoms with Crippen LogP contribution in [-0.4, -0.2) is 41.2 Å². The van der Waals surface area contributed by atoms with Gasteiger partial charge in [-0.3, -0.25) is 9.48 Å². The summed E-state index contributed by atoms with van der Waals surface area (Å²) in [4.78, 5) is 14.5. The van der Waals surface area contributed by atoms with Crippen LogP contribution in [0.1, 0.15) is 35.5 Å². The average molecular weight is 328 g/mol. The molecular weight excluding hydrogens is 300 g/mol.